The van der Waals surface area contributed by atoms with Gasteiger partial charge in [-0.05, 0) is 35.1 Å². The lowest BCUT2D eigenvalue weighted by Crippen LogP contribution is -2.38. The van der Waals surface area contributed by atoms with Crippen molar-refractivity contribution in [3.63, 3.8) is 0 Å². The summed E-state index contributed by atoms with van der Waals surface area (Å²) in [5, 5.41) is 6.15. The standard InChI is InChI=1S/C15H19N5S/c1-20(15(21)19-9-8-18-14(16)17)13-7-6-11-4-2-3-5-12(11)10-13/h2-7,10H,8-9H2,1H3,(H,19,21)(H4,16,17,18). The third-order valence-electron chi connectivity index (χ3n) is 3.11. The van der Waals surface area contributed by atoms with E-state index >= 15 is 0 Å². The van der Waals surface area contributed by atoms with E-state index in [0.717, 1.165) is 5.69 Å². The molecule has 21 heavy (non-hydrogen) atoms. The lowest BCUT2D eigenvalue weighted by atomic mass is 10.1. The normalized spacial score (nSPS) is 10.1. The molecular formula is C15H19N5S. The van der Waals surface area contributed by atoms with Crippen LogP contribution < -0.4 is 21.7 Å². The monoisotopic (exact) mass is 301 g/mol. The number of nitrogens with two attached hydrogens (primary N) is 2. The van der Waals surface area contributed by atoms with E-state index in [4.69, 9.17) is 23.7 Å². The van der Waals surface area contributed by atoms with E-state index in [-0.39, 0.29) is 5.96 Å². The van der Waals surface area contributed by atoms with Gasteiger partial charge in [-0.3, -0.25) is 4.99 Å². The molecule has 0 atom stereocenters. The molecule has 0 aliphatic heterocycles. The van der Waals surface area contributed by atoms with Crippen molar-refractivity contribution < 1.29 is 0 Å². The Morgan fingerprint density at radius 2 is 1.90 bits per heavy atom. The maximum Gasteiger partial charge on any atom is 0.185 e. The molecule has 0 amide bonds. The summed E-state index contributed by atoms with van der Waals surface area (Å²) in [5.41, 5.74) is 11.6. The van der Waals surface area contributed by atoms with Crippen molar-refractivity contribution in [1.29, 1.82) is 0 Å². The van der Waals surface area contributed by atoms with Crippen LogP contribution in [0, 0.1) is 0 Å². The molecule has 110 valence electrons. The van der Waals surface area contributed by atoms with E-state index in [1.54, 1.807) is 0 Å². The van der Waals surface area contributed by atoms with Crippen molar-refractivity contribution in [3.05, 3.63) is 42.5 Å². The molecule has 0 heterocycles. The minimum absolute atomic E-state index is 0.0885. The summed E-state index contributed by atoms with van der Waals surface area (Å²) < 4.78 is 0. The van der Waals surface area contributed by atoms with E-state index in [0.29, 0.717) is 18.2 Å². The first-order valence-electron chi connectivity index (χ1n) is 6.63. The number of benzene rings is 2. The van der Waals surface area contributed by atoms with Crippen molar-refractivity contribution in [3.8, 4) is 0 Å². The van der Waals surface area contributed by atoms with Gasteiger partial charge in [0, 0.05) is 19.3 Å². The summed E-state index contributed by atoms with van der Waals surface area (Å²) in [5.74, 6) is 0.0885. The first-order valence-corrected chi connectivity index (χ1v) is 7.04. The number of fused-ring (bicyclic) bond motifs is 1. The zero-order valence-corrected chi connectivity index (χ0v) is 12.7. The number of nitrogens with zero attached hydrogens (tertiary/aromatic N) is 2. The maximum absolute atomic E-state index is 5.36. The lowest BCUT2D eigenvalue weighted by Gasteiger charge is -2.21. The summed E-state index contributed by atoms with van der Waals surface area (Å²) in [6, 6.07) is 14.5. The Balaban J connectivity index is 2.01. The van der Waals surface area contributed by atoms with Gasteiger partial charge < -0.3 is 21.7 Å². The van der Waals surface area contributed by atoms with Crippen molar-refractivity contribution in [1.82, 2.24) is 5.32 Å². The molecule has 0 aliphatic rings. The van der Waals surface area contributed by atoms with Gasteiger partial charge in [0.1, 0.15) is 0 Å². The van der Waals surface area contributed by atoms with Crippen LogP contribution in [0.1, 0.15) is 0 Å². The molecule has 2 aromatic carbocycles. The summed E-state index contributed by atoms with van der Waals surface area (Å²) in [6.07, 6.45) is 0. The van der Waals surface area contributed by atoms with Crippen LogP contribution in [0.5, 0.6) is 0 Å². The van der Waals surface area contributed by atoms with Crippen LogP contribution in [0.25, 0.3) is 10.8 Å². The molecule has 0 bridgehead atoms. The highest BCUT2D eigenvalue weighted by Gasteiger charge is 2.06. The van der Waals surface area contributed by atoms with Gasteiger partial charge in [-0.1, -0.05) is 30.3 Å². The summed E-state index contributed by atoms with van der Waals surface area (Å²) in [7, 11) is 1.93. The molecule has 0 saturated carbocycles. The Hall–Kier alpha value is -2.34. The van der Waals surface area contributed by atoms with Gasteiger partial charge in [-0.25, -0.2) is 0 Å². The average Bonchev–Trinajstić information content (AvgIpc) is 2.50. The fraction of sp³-hybridized carbons (Fsp3) is 0.200. The highest BCUT2D eigenvalue weighted by molar-refractivity contribution is 7.80. The Morgan fingerprint density at radius 3 is 2.62 bits per heavy atom. The Kier molecular flexibility index (Phi) is 4.94. The number of thiocarbonyl (C=S) groups is 1. The van der Waals surface area contributed by atoms with Gasteiger partial charge in [0.2, 0.25) is 0 Å². The first-order chi connectivity index (χ1) is 10.1. The Morgan fingerprint density at radius 1 is 1.19 bits per heavy atom. The molecule has 0 spiro atoms. The third kappa shape index (κ3) is 4.06. The predicted octanol–water partition coefficient (Wildman–Crippen LogP) is 1.42. The van der Waals surface area contributed by atoms with Crippen LogP contribution in [0.2, 0.25) is 0 Å². The zero-order chi connectivity index (χ0) is 15.2. The van der Waals surface area contributed by atoms with Gasteiger partial charge in [0.05, 0.1) is 6.54 Å². The number of guanidine groups is 1. The molecule has 0 aromatic heterocycles. The van der Waals surface area contributed by atoms with Gasteiger partial charge >= 0.3 is 0 Å². The number of hydrogen-bond donors (Lipinski definition) is 3. The van der Waals surface area contributed by atoms with E-state index in [1.807, 2.05) is 30.1 Å². The van der Waals surface area contributed by atoms with Crippen LogP contribution in [0.3, 0.4) is 0 Å². The number of hydrogen-bond acceptors (Lipinski definition) is 2. The molecule has 2 aromatic rings. The summed E-state index contributed by atoms with van der Waals surface area (Å²) in [4.78, 5) is 5.83. The second-order valence-electron chi connectivity index (χ2n) is 4.63. The molecule has 0 saturated heterocycles. The fourth-order valence-electron chi connectivity index (χ4n) is 1.97. The quantitative estimate of drug-likeness (QED) is 0.344. The van der Waals surface area contributed by atoms with Crippen LogP contribution in [0.4, 0.5) is 5.69 Å². The smallest absolute Gasteiger partial charge is 0.185 e. The van der Waals surface area contributed by atoms with Crippen molar-refractivity contribution in [2.24, 2.45) is 16.5 Å². The third-order valence-corrected chi connectivity index (χ3v) is 3.53. The molecular weight excluding hydrogens is 282 g/mol. The number of nitrogens with one attached hydrogen (secondary N) is 1. The van der Waals surface area contributed by atoms with E-state index < -0.39 is 0 Å². The van der Waals surface area contributed by atoms with Crippen LogP contribution in [-0.4, -0.2) is 31.2 Å². The topological polar surface area (TPSA) is 79.7 Å². The molecule has 6 heteroatoms. The van der Waals surface area contributed by atoms with Crippen molar-refractivity contribution in [2.45, 2.75) is 0 Å². The second-order valence-corrected chi connectivity index (χ2v) is 5.02. The molecule has 0 radical (unpaired) electrons. The summed E-state index contributed by atoms with van der Waals surface area (Å²) in [6.45, 7) is 1.09. The molecule has 5 N–H and O–H groups in total. The largest absolute Gasteiger partial charge is 0.370 e. The minimum atomic E-state index is 0.0885. The Labute approximate surface area is 129 Å². The molecule has 2 rings (SSSR count). The first kappa shape index (κ1) is 15.1. The highest BCUT2D eigenvalue weighted by atomic mass is 32.1. The predicted molar refractivity (Wildman–Crippen MR) is 93.6 cm³/mol. The highest BCUT2D eigenvalue weighted by Crippen LogP contribution is 2.21. The van der Waals surface area contributed by atoms with E-state index in [1.165, 1.54) is 10.8 Å². The average molecular weight is 301 g/mol. The summed E-state index contributed by atoms with van der Waals surface area (Å²) >= 11 is 5.36. The number of aliphatic imine (C=N–C) groups is 1. The molecule has 0 aliphatic carbocycles. The van der Waals surface area contributed by atoms with Crippen LogP contribution in [-0.2, 0) is 0 Å². The molecule has 0 fully saturated rings. The van der Waals surface area contributed by atoms with E-state index in [2.05, 4.69) is 34.6 Å². The van der Waals surface area contributed by atoms with E-state index in [9.17, 15) is 0 Å². The van der Waals surface area contributed by atoms with Crippen LogP contribution in [0.15, 0.2) is 47.5 Å². The lowest BCUT2D eigenvalue weighted by molar-refractivity contribution is 0.870. The SMILES string of the molecule is CN(C(=S)NCCN=C(N)N)c1ccc2ccccc2c1. The molecule has 0 unspecified atom stereocenters. The van der Waals surface area contributed by atoms with Gasteiger partial charge in [0.15, 0.2) is 11.1 Å². The molecule has 5 nitrogen and oxygen atoms in total. The van der Waals surface area contributed by atoms with Gasteiger partial charge in [-0.2, -0.15) is 0 Å². The minimum Gasteiger partial charge on any atom is -0.370 e. The van der Waals surface area contributed by atoms with Crippen LogP contribution >= 0.6 is 12.2 Å². The van der Waals surface area contributed by atoms with Gasteiger partial charge in [0.25, 0.3) is 0 Å². The fourth-order valence-corrected chi connectivity index (χ4v) is 2.18. The van der Waals surface area contributed by atoms with Gasteiger partial charge in [-0.15, -0.1) is 0 Å². The van der Waals surface area contributed by atoms with Crippen molar-refractivity contribution in [2.75, 3.05) is 25.0 Å². The maximum atomic E-state index is 5.36. The number of anilines is 1. The number of rotatable bonds is 4. The Bertz CT molecular complexity index is 664. The van der Waals surface area contributed by atoms with Crippen molar-refractivity contribution >= 4 is 39.7 Å². The second kappa shape index (κ2) is 6.90. The zero-order valence-electron chi connectivity index (χ0n) is 11.9.